The first-order valence-corrected chi connectivity index (χ1v) is 8.41. The van der Waals surface area contributed by atoms with Crippen LogP contribution in [0.1, 0.15) is 12.6 Å². The Labute approximate surface area is 140 Å². The Hall–Kier alpha value is -1.33. The van der Waals surface area contributed by atoms with Gasteiger partial charge in [0.2, 0.25) is 0 Å². The molecule has 0 saturated carbocycles. The van der Waals surface area contributed by atoms with E-state index in [0.717, 1.165) is 26.9 Å². The minimum Gasteiger partial charge on any atom is -0.378 e. The summed E-state index contributed by atoms with van der Waals surface area (Å²) >= 11 is 7.04. The fraction of sp³-hybridized carbons (Fsp3) is 0.188. The maximum absolute atomic E-state index is 4.70. The number of nitrogens with one attached hydrogen (secondary N) is 1. The SMILES string of the molecule is CCn1nc(CNc2ccc(Br)cc2Br)c2ccccc21. The quantitative estimate of drug-likeness (QED) is 0.643. The molecule has 0 saturated heterocycles. The summed E-state index contributed by atoms with van der Waals surface area (Å²) in [6.45, 7) is 3.69. The summed E-state index contributed by atoms with van der Waals surface area (Å²) in [5.41, 5.74) is 3.32. The number of fused-ring (bicyclic) bond motifs is 1. The van der Waals surface area contributed by atoms with Gasteiger partial charge in [0, 0.05) is 26.6 Å². The van der Waals surface area contributed by atoms with Crippen molar-refractivity contribution >= 4 is 48.5 Å². The van der Waals surface area contributed by atoms with Crippen molar-refractivity contribution in [3.8, 4) is 0 Å². The number of nitrogens with zero attached hydrogens (tertiary/aromatic N) is 2. The van der Waals surface area contributed by atoms with Crippen LogP contribution in [0.15, 0.2) is 51.4 Å². The summed E-state index contributed by atoms with van der Waals surface area (Å²) in [7, 11) is 0. The number of hydrogen-bond donors (Lipinski definition) is 1. The second-order valence-corrected chi connectivity index (χ2v) is 6.53. The van der Waals surface area contributed by atoms with E-state index in [1.54, 1.807) is 0 Å². The normalized spacial score (nSPS) is 11.0. The van der Waals surface area contributed by atoms with Gasteiger partial charge in [0.05, 0.1) is 17.8 Å². The van der Waals surface area contributed by atoms with Crippen LogP contribution < -0.4 is 5.32 Å². The van der Waals surface area contributed by atoms with Gasteiger partial charge < -0.3 is 5.32 Å². The Bertz CT molecular complexity index is 780. The van der Waals surface area contributed by atoms with E-state index in [1.165, 1.54) is 10.9 Å². The van der Waals surface area contributed by atoms with Crippen molar-refractivity contribution in [2.45, 2.75) is 20.0 Å². The van der Waals surface area contributed by atoms with Gasteiger partial charge in [0.15, 0.2) is 0 Å². The number of para-hydroxylation sites is 1. The fourth-order valence-electron chi connectivity index (χ4n) is 2.38. The van der Waals surface area contributed by atoms with Crippen LogP contribution in [-0.4, -0.2) is 9.78 Å². The molecule has 3 nitrogen and oxygen atoms in total. The van der Waals surface area contributed by atoms with Crippen molar-refractivity contribution < 1.29 is 0 Å². The monoisotopic (exact) mass is 407 g/mol. The Balaban J connectivity index is 1.88. The third-order valence-corrected chi connectivity index (χ3v) is 4.56. The highest BCUT2D eigenvalue weighted by Crippen LogP contribution is 2.27. The highest BCUT2D eigenvalue weighted by atomic mass is 79.9. The zero-order chi connectivity index (χ0) is 14.8. The maximum atomic E-state index is 4.70. The molecule has 0 radical (unpaired) electrons. The van der Waals surface area contributed by atoms with E-state index in [9.17, 15) is 0 Å². The van der Waals surface area contributed by atoms with Crippen molar-refractivity contribution in [1.82, 2.24) is 9.78 Å². The van der Waals surface area contributed by atoms with E-state index in [0.29, 0.717) is 6.54 Å². The van der Waals surface area contributed by atoms with Crippen LogP contribution in [-0.2, 0) is 13.1 Å². The predicted molar refractivity (Wildman–Crippen MR) is 94.6 cm³/mol. The molecule has 0 amide bonds. The zero-order valence-corrected chi connectivity index (χ0v) is 14.8. The molecule has 2 aromatic carbocycles. The smallest absolute Gasteiger partial charge is 0.0894 e. The number of benzene rings is 2. The van der Waals surface area contributed by atoms with Gasteiger partial charge in [-0.3, -0.25) is 4.68 Å². The molecule has 108 valence electrons. The molecule has 0 unspecified atom stereocenters. The van der Waals surface area contributed by atoms with Crippen LogP contribution in [0, 0.1) is 0 Å². The summed E-state index contributed by atoms with van der Waals surface area (Å²) in [5, 5.41) is 9.35. The van der Waals surface area contributed by atoms with E-state index < -0.39 is 0 Å². The van der Waals surface area contributed by atoms with Crippen LogP contribution in [0.2, 0.25) is 0 Å². The fourth-order valence-corrected chi connectivity index (χ4v) is 3.57. The molecule has 1 heterocycles. The van der Waals surface area contributed by atoms with Crippen LogP contribution in [0.3, 0.4) is 0 Å². The third-order valence-electron chi connectivity index (χ3n) is 3.41. The summed E-state index contributed by atoms with van der Waals surface area (Å²) in [6, 6.07) is 14.5. The lowest BCUT2D eigenvalue weighted by atomic mass is 10.2. The van der Waals surface area contributed by atoms with Crippen molar-refractivity contribution in [1.29, 1.82) is 0 Å². The summed E-state index contributed by atoms with van der Waals surface area (Å²) < 4.78 is 4.14. The lowest BCUT2D eigenvalue weighted by molar-refractivity contribution is 0.671. The summed E-state index contributed by atoms with van der Waals surface area (Å²) in [5.74, 6) is 0. The second-order valence-electron chi connectivity index (χ2n) is 4.76. The first-order chi connectivity index (χ1) is 10.2. The standard InChI is InChI=1S/C16H15Br2N3/c1-2-21-16-6-4-3-5-12(16)15(20-21)10-19-14-8-7-11(17)9-13(14)18/h3-9,19H,2,10H2,1H3. The first kappa shape index (κ1) is 14.6. The summed E-state index contributed by atoms with van der Waals surface area (Å²) in [6.07, 6.45) is 0. The molecule has 0 aliphatic rings. The van der Waals surface area contributed by atoms with Crippen LogP contribution in [0.5, 0.6) is 0 Å². The largest absolute Gasteiger partial charge is 0.378 e. The van der Waals surface area contributed by atoms with Gasteiger partial charge >= 0.3 is 0 Å². The highest BCUT2D eigenvalue weighted by Gasteiger charge is 2.09. The Morgan fingerprint density at radius 1 is 1.14 bits per heavy atom. The molecular weight excluding hydrogens is 394 g/mol. The molecule has 0 aliphatic heterocycles. The minimum atomic E-state index is 0.702. The summed E-state index contributed by atoms with van der Waals surface area (Å²) in [4.78, 5) is 0. The van der Waals surface area contributed by atoms with E-state index in [1.807, 2.05) is 22.9 Å². The van der Waals surface area contributed by atoms with Crippen LogP contribution in [0.4, 0.5) is 5.69 Å². The number of aryl methyl sites for hydroxylation is 1. The number of halogens is 2. The molecule has 0 aliphatic carbocycles. The molecule has 3 rings (SSSR count). The van der Waals surface area contributed by atoms with Crippen molar-refractivity contribution in [3.05, 3.63) is 57.1 Å². The van der Waals surface area contributed by atoms with E-state index in [2.05, 4.69) is 68.4 Å². The molecule has 5 heteroatoms. The second kappa shape index (κ2) is 6.20. The van der Waals surface area contributed by atoms with E-state index in [4.69, 9.17) is 5.10 Å². The molecule has 0 spiro atoms. The lowest BCUT2D eigenvalue weighted by Gasteiger charge is -2.07. The number of anilines is 1. The Morgan fingerprint density at radius 2 is 1.95 bits per heavy atom. The van der Waals surface area contributed by atoms with Gasteiger partial charge in [-0.05, 0) is 47.1 Å². The molecule has 0 bridgehead atoms. The first-order valence-electron chi connectivity index (χ1n) is 6.82. The van der Waals surface area contributed by atoms with Gasteiger partial charge in [-0.15, -0.1) is 0 Å². The van der Waals surface area contributed by atoms with Gasteiger partial charge in [0.1, 0.15) is 0 Å². The Morgan fingerprint density at radius 3 is 2.71 bits per heavy atom. The van der Waals surface area contributed by atoms with Gasteiger partial charge in [-0.1, -0.05) is 34.1 Å². The Kier molecular flexibility index (Phi) is 4.31. The van der Waals surface area contributed by atoms with Crippen LogP contribution in [0.25, 0.3) is 10.9 Å². The van der Waals surface area contributed by atoms with Crippen molar-refractivity contribution in [2.24, 2.45) is 0 Å². The third kappa shape index (κ3) is 2.99. The van der Waals surface area contributed by atoms with Crippen molar-refractivity contribution in [2.75, 3.05) is 5.32 Å². The van der Waals surface area contributed by atoms with Crippen LogP contribution >= 0.6 is 31.9 Å². The van der Waals surface area contributed by atoms with Gasteiger partial charge in [0.25, 0.3) is 0 Å². The molecule has 21 heavy (non-hydrogen) atoms. The molecule has 0 atom stereocenters. The van der Waals surface area contributed by atoms with E-state index in [-0.39, 0.29) is 0 Å². The topological polar surface area (TPSA) is 29.9 Å². The number of rotatable bonds is 4. The molecule has 1 N–H and O–H groups in total. The average molecular weight is 409 g/mol. The van der Waals surface area contributed by atoms with Gasteiger partial charge in [-0.2, -0.15) is 5.10 Å². The maximum Gasteiger partial charge on any atom is 0.0894 e. The lowest BCUT2D eigenvalue weighted by Crippen LogP contribution is -2.03. The molecule has 0 fully saturated rings. The van der Waals surface area contributed by atoms with Gasteiger partial charge in [-0.25, -0.2) is 0 Å². The van der Waals surface area contributed by atoms with Crippen molar-refractivity contribution in [3.63, 3.8) is 0 Å². The minimum absolute atomic E-state index is 0.702. The predicted octanol–water partition coefficient (Wildman–Crippen LogP) is 5.19. The average Bonchev–Trinajstić information content (AvgIpc) is 2.85. The molecule has 1 aromatic heterocycles. The zero-order valence-electron chi connectivity index (χ0n) is 11.6. The van der Waals surface area contributed by atoms with E-state index >= 15 is 0 Å². The highest BCUT2D eigenvalue weighted by molar-refractivity contribution is 9.11. The number of hydrogen-bond acceptors (Lipinski definition) is 2. The number of aromatic nitrogens is 2. The molecular formula is C16H15Br2N3. The molecule has 3 aromatic rings.